The van der Waals surface area contributed by atoms with Gasteiger partial charge in [0.25, 0.3) is 0 Å². The number of anilines is 1. The van der Waals surface area contributed by atoms with E-state index >= 15 is 0 Å². The maximum Gasteiger partial charge on any atom is 0.323 e. The SMILES string of the molecule is CC(C)(C)N(CC(=O)O)C(=O)Nc1ccccc1Br. The van der Waals surface area contributed by atoms with E-state index in [1.54, 1.807) is 39.0 Å². The minimum atomic E-state index is -1.04. The van der Waals surface area contributed by atoms with Gasteiger partial charge in [-0.05, 0) is 48.8 Å². The molecule has 0 saturated heterocycles. The average Bonchev–Trinajstić information content (AvgIpc) is 2.27. The molecule has 5 nitrogen and oxygen atoms in total. The maximum absolute atomic E-state index is 12.2. The number of hydrogen-bond donors (Lipinski definition) is 2. The lowest BCUT2D eigenvalue weighted by atomic mass is 10.1. The molecular weight excluding hydrogens is 312 g/mol. The number of hydrogen-bond acceptors (Lipinski definition) is 2. The molecular formula is C13H17BrN2O3. The Balaban J connectivity index is 2.89. The highest BCUT2D eigenvalue weighted by molar-refractivity contribution is 9.10. The summed E-state index contributed by atoms with van der Waals surface area (Å²) >= 11 is 3.33. The van der Waals surface area contributed by atoms with Gasteiger partial charge in [-0.15, -0.1) is 0 Å². The van der Waals surface area contributed by atoms with E-state index in [1.807, 2.05) is 6.07 Å². The Morgan fingerprint density at radius 2 is 1.89 bits per heavy atom. The molecule has 104 valence electrons. The molecule has 1 aromatic rings. The summed E-state index contributed by atoms with van der Waals surface area (Å²) in [5.41, 5.74) is 0.0242. The second kappa shape index (κ2) is 6.06. The van der Waals surface area contributed by atoms with Gasteiger partial charge in [0.1, 0.15) is 6.54 Å². The van der Waals surface area contributed by atoms with E-state index in [0.717, 1.165) is 4.47 Å². The van der Waals surface area contributed by atoms with E-state index in [-0.39, 0.29) is 6.54 Å². The van der Waals surface area contributed by atoms with Crippen LogP contribution in [-0.4, -0.2) is 34.1 Å². The Morgan fingerprint density at radius 3 is 2.37 bits per heavy atom. The summed E-state index contributed by atoms with van der Waals surface area (Å²) in [7, 11) is 0. The molecule has 19 heavy (non-hydrogen) atoms. The number of carboxylic acids is 1. The van der Waals surface area contributed by atoms with Crippen molar-refractivity contribution in [2.24, 2.45) is 0 Å². The number of nitrogens with zero attached hydrogens (tertiary/aromatic N) is 1. The molecule has 0 aliphatic rings. The highest BCUT2D eigenvalue weighted by atomic mass is 79.9. The smallest absolute Gasteiger partial charge is 0.323 e. The van der Waals surface area contributed by atoms with Crippen molar-refractivity contribution in [1.82, 2.24) is 4.90 Å². The molecule has 0 aliphatic heterocycles. The number of carboxylic acid groups (broad SMARTS) is 1. The van der Waals surface area contributed by atoms with Crippen molar-refractivity contribution in [3.8, 4) is 0 Å². The van der Waals surface area contributed by atoms with Crippen molar-refractivity contribution < 1.29 is 14.7 Å². The molecule has 2 amide bonds. The Hall–Kier alpha value is -1.56. The number of aliphatic carboxylic acids is 1. The highest BCUT2D eigenvalue weighted by Gasteiger charge is 2.28. The number of benzene rings is 1. The largest absolute Gasteiger partial charge is 0.480 e. The molecule has 0 fully saturated rings. The molecule has 6 heteroatoms. The van der Waals surface area contributed by atoms with Gasteiger partial charge in [-0.25, -0.2) is 4.79 Å². The molecule has 0 heterocycles. The summed E-state index contributed by atoms with van der Waals surface area (Å²) < 4.78 is 0.743. The molecule has 0 radical (unpaired) electrons. The average molecular weight is 329 g/mol. The minimum Gasteiger partial charge on any atom is -0.480 e. The highest BCUT2D eigenvalue weighted by Crippen LogP contribution is 2.23. The molecule has 0 spiro atoms. The van der Waals surface area contributed by atoms with Crippen LogP contribution in [0.4, 0.5) is 10.5 Å². The predicted octanol–water partition coefficient (Wildman–Crippen LogP) is 3.17. The molecule has 1 aromatic carbocycles. The van der Waals surface area contributed by atoms with E-state index in [1.165, 1.54) is 4.90 Å². The summed E-state index contributed by atoms with van der Waals surface area (Å²) in [6.07, 6.45) is 0. The fourth-order valence-corrected chi connectivity index (χ4v) is 1.88. The third-order valence-corrected chi connectivity index (χ3v) is 3.16. The standard InChI is InChI=1S/C13H17BrN2O3/c1-13(2,3)16(8-11(17)18)12(19)15-10-7-5-4-6-9(10)14/h4-7H,8H2,1-3H3,(H,15,19)(H,17,18). The molecule has 0 unspecified atom stereocenters. The number of urea groups is 1. The van der Waals surface area contributed by atoms with Crippen LogP contribution in [0.25, 0.3) is 0 Å². The number of carbonyl (C=O) groups excluding carboxylic acids is 1. The second-order valence-corrected chi connectivity index (χ2v) is 5.92. The molecule has 0 aliphatic carbocycles. The van der Waals surface area contributed by atoms with Crippen molar-refractivity contribution in [1.29, 1.82) is 0 Å². The molecule has 0 aromatic heterocycles. The van der Waals surface area contributed by atoms with Crippen LogP contribution in [0.3, 0.4) is 0 Å². The number of nitrogens with one attached hydrogen (secondary N) is 1. The van der Waals surface area contributed by atoms with E-state index in [4.69, 9.17) is 5.11 Å². The van der Waals surface area contributed by atoms with Gasteiger partial charge in [0.05, 0.1) is 5.69 Å². The van der Waals surface area contributed by atoms with E-state index in [9.17, 15) is 9.59 Å². The first-order chi connectivity index (χ1) is 8.71. The predicted molar refractivity (Wildman–Crippen MR) is 77.3 cm³/mol. The van der Waals surface area contributed by atoms with Gasteiger partial charge in [-0.1, -0.05) is 12.1 Å². The fourth-order valence-electron chi connectivity index (χ4n) is 1.49. The van der Waals surface area contributed by atoms with Gasteiger partial charge in [0.2, 0.25) is 0 Å². The fraction of sp³-hybridized carbons (Fsp3) is 0.385. The van der Waals surface area contributed by atoms with Crippen LogP contribution >= 0.6 is 15.9 Å². The van der Waals surface area contributed by atoms with E-state index in [0.29, 0.717) is 5.69 Å². The summed E-state index contributed by atoms with van der Waals surface area (Å²) in [6.45, 7) is 5.01. The number of para-hydroxylation sites is 1. The van der Waals surface area contributed by atoms with Crippen LogP contribution in [0.2, 0.25) is 0 Å². The van der Waals surface area contributed by atoms with Gasteiger partial charge >= 0.3 is 12.0 Å². The summed E-state index contributed by atoms with van der Waals surface area (Å²) in [6, 6.07) is 6.72. The van der Waals surface area contributed by atoms with Gasteiger partial charge in [-0.2, -0.15) is 0 Å². The van der Waals surface area contributed by atoms with Crippen LogP contribution in [0.15, 0.2) is 28.7 Å². The zero-order valence-corrected chi connectivity index (χ0v) is 12.7. The lowest BCUT2D eigenvalue weighted by Gasteiger charge is -2.34. The zero-order chi connectivity index (χ0) is 14.6. The lowest BCUT2D eigenvalue weighted by Crippen LogP contribution is -2.50. The monoisotopic (exact) mass is 328 g/mol. The van der Waals surface area contributed by atoms with Crippen molar-refractivity contribution in [2.75, 3.05) is 11.9 Å². The number of halogens is 1. The number of amides is 2. The normalized spacial score (nSPS) is 10.9. The quantitative estimate of drug-likeness (QED) is 0.895. The summed E-state index contributed by atoms with van der Waals surface area (Å²) in [4.78, 5) is 24.3. The minimum absolute atomic E-state index is 0.347. The van der Waals surface area contributed by atoms with Gasteiger partial charge in [0, 0.05) is 10.0 Å². The summed E-state index contributed by atoms with van der Waals surface area (Å²) in [5, 5.41) is 11.6. The second-order valence-electron chi connectivity index (χ2n) is 5.06. The van der Waals surface area contributed by atoms with Crippen LogP contribution in [0, 0.1) is 0 Å². The number of rotatable bonds is 3. The van der Waals surface area contributed by atoms with Crippen molar-refractivity contribution >= 4 is 33.6 Å². The molecule has 2 N–H and O–H groups in total. The van der Waals surface area contributed by atoms with Crippen molar-refractivity contribution in [3.63, 3.8) is 0 Å². The Kier molecular flexibility index (Phi) is 4.94. The lowest BCUT2D eigenvalue weighted by molar-refractivity contribution is -0.138. The van der Waals surface area contributed by atoms with Crippen molar-refractivity contribution in [3.05, 3.63) is 28.7 Å². The van der Waals surface area contributed by atoms with Gasteiger partial charge in [0.15, 0.2) is 0 Å². The molecule has 0 bridgehead atoms. The van der Waals surface area contributed by atoms with Crippen molar-refractivity contribution in [2.45, 2.75) is 26.3 Å². The van der Waals surface area contributed by atoms with E-state index in [2.05, 4.69) is 21.2 Å². The number of carbonyl (C=O) groups is 2. The zero-order valence-electron chi connectivity index (χ0n) is 11.1. The summed E-state index contributed by atoms with van der Waals surface area (Å²) in [5.74, 6) is -1.04. The maximum atomic E-state index is 12.2. The van der Waals surface area contributed by atoms with Crippen LogP contribution in [0.5, 0.6) is 0 Å². The Bertz CT molecular complexity index is 483. The van der Waals surface area contributed by atoms with Gasteiger partial charge < -0.3 is 15.3 Å². The van der Waals surface area contributed by atoms with Crippen LogP contribution in [0.1, 0.15) is 20.8 Å². The molecule has 0 saturated carbocycles. The molecule has 0 atom stereocenters. The first kappa shape index (κ1) is 15.5. The van der Waals surface area contributed by atoms with Crippen LogP contribution in [-0.2, 0) is 4.79 Å². The third-order valence-electron chi connectivity index (χ3n) is 2.46. The Morgan fingerprint density at radius 1 is 1.32 bits per heavy atom. The first-order valence-electron chi connectivity index (χ1n) is 5.77. The molecule has 1 rings (SSSR count). The Labute approximate surface area is 120 Å². The van der Waals surface area contributed by atoms with Crippen LogP contribution < -0.4 is 5.32 Å². The van der Waals surface area contributed by atoms with Gasteiger partial charge in [-0.3, -0.25) is 4.79 Å². The van der Waals surface area contributed by atoms with E-state index < -0.39 is 17.5 Å². The topological polar surface area (TPSA) is 69.6 Å². The third kappa shape index (κ3) is 4.55. The first-order valence-corrected chi connectivity index (χ1v) is 6.56.